The number of nitrogens with zero attached hydrogens (tertiary/aromatic N) is 1. The molecule has 1 aromatic heterocycles. The van der Waals surface area contributed by atoms with E-state index in [-0.39, 0.29) is 11.9 Å². The predicted octanol–water partition coefficient (Wildman–Crippen LogP) is 4.00. The molecule has 2 rings (SSSR count). The molecule has 1 aliphatic heterocycles. The third-order valence-electron chi connectivity index (χ3n) is 3.08. The lowest BCUT2D eigenvalue weighted by Crippen LogP contribution is -2.43. The molecule has 116 valence electrons. The highest BCUT2D eigenvalue weighted by Crippen LogP contribution is 2.33. The van der Waals surface area contributed by atoms with Gasteiger partial charge in [0, 0.05) is 6.54 Å². The first-order valence-electron chi connectivity index (χ1n) is 6.68. The van der Waals surface area contributed by atoms with Crippen LogP contribution in [0.15, 0.2) is 6.07 Å². The van der Waals surface area contributed by atoms with Gasteiger partial charge >= 0.3 is 5.97 Å². The maximum Gasteiger partial charge on any atom is 0.329 e. The Balaban J connectivity index is 2.17. The normalized spacial score (nSPS) is 18.9. The summed E-state index contributed by atoms with van der Waals surface area (Å²) in [5, 5.41) is 0. The fourth-order valence-corrected chi connectivity index (χ4v) is 3.71. The molecular formula is C14H17Cl2NO3S. The van der Waals surface area contributed by atoms with E-state index in [2.05, 4.69) is 0 Å². The van der Waals surface area contributed by atoms with Crippen LogP contribution < -0.4 is 0 Å². The van der Waals surface area contributed by atoms with E-state index in [4.69, 9.17) is 27.9 Å². The Kier molecular flexibility index (Phi) is 4.85. The summed E-state index contributed by atoms with van der Waals surface area (Å²) < 4.78 is 6.19. The van der Waals surface area contributed by atoms with E-state index in [0.29, 0.717) is 27.2 Å². The molecule has 1 fully saturated rings. The quantitative estimate of drug-likeness (QED) is 0.758. The number of rotatable bonds is 2. The summed E-state index contributed by atoms with van der Waals surface area (Å²) in [7, 11) is 0. The van der Waals surface area contributed by atoms with Crippen molar-refractivity contribution in [3.8, 4) is 0 Å². The predicted molar refractivity (Wildman–Crippen MR) is 84.2 cm³/mol. The molecule has 4 nitrogen and oxygen atoms in total. The van der Waals surface area contributed by atoms with E-state index in [1.54, 1.807) is 6.07 Å². The Morgan fingerprint density at radius 2 is 2.05 bits per heavy atom. The summed E-state index contributed by atoms with van der Waals surface area (Å²) in [5.74, 6) is -0.637. The molecule has 1 saturated heterocycles. The minimum Gasteiger partial charge on any atom is -0.458 e. The van der Waals surface area contributed by atoms with Gasteiger partial charge in [-0.2, -0.15) is 0 Å². The van der Waals surface area contributed by atoms with Crippen LogP contribution in [-0.4, -0.2) is 35.0 Å². The SMILES string of the molecule is CC(C)(C)OC(=O)[C@@H]1CCCN1C(=O)c1cc(Cl)sc1Cl. The van der Waals surface area contributed by atoms with E-state index >= 15 is 0 Å². The van der Waals surface area contributed by atoms with Gasteiger partial charge in [-0.15, -0.1) is 11.3 Å². The van der Waals surface area contributed by atoms with E-state index < -0.39 is 11.6 Å². The van der Waals surface area contributed by atoms with E-state index in [1.807, 2.05) is 20.8 Å². The highest BCUT2D eigenvalue weighted by molar-refractivity contribution is 7.20. The monoisotopic (exact) mass is 349 g/mol. The molecule has 0 radical (unpaired) electrons. The number of halogens is 2. The Bertz CT molecular complexity index is 565. The molecule has 1 aromatic rings. The van der Waals surface area contributed by atoms with Crippen LogP contribution in [-0.2, 0) is 9.53 Å². The second kappa shape index (κ2) is 6.15. The fraction of sp³-hybridized carbons (Fsp3) is 0.571. The van der Waals surface area contributed by atoms with Gasteiger partial charge in [0.25, 0.3) is 5.91 Å². The average molecular weight is 350 g/mol. The molecule has 1 aliphatic rings. The van der Waals surface area contributed by atoms with Crippen molar-refractivity contribution in [3.05, 3.63) is 20.3 Å². The van der Waals surface area contributed by atoms with Crippen molar-refractivity contribution in [2.45, 2.75) is 45.3 Å². The summed E-state index contributed by atoms with van der Waals surface area (Å²) in [5.41, 5.74) is -0.223. The lowest BCUT2D eigenvalue weighted by molar-refractivity contribution is -0.159. The summed E-state index contributed by atoms with van der Waals surface area (Å²) in [6, 6.07) is 0.993. The Morgan fingerprint density at radius 1 is 1.38 bits per heavy atom. The Labute approximate surface area is 138 Å². The highest BCUT2D eigenvalue weighted by Gasteiger charge is 2.38. The third-order valence-corrected chi connectivity index (χ3v) is 4.57. The molecule has 1 atom stereocenters. The number of ether oxygens (including phenoxy) is 1. The molecule has 0 N–H and O–H groups in total. The molecule has 0 aromatic carbocycles. The first-order valence-corrected chi connectivity index (χ1v) is 8.25. The van der Waals surface area contributed by atoms with Crippen LogP contribution in [0.5, 0.6) is 0 Å². The zero-order chi connectivity index (χ0) is 15.8. The Morgan fingerprint density at radius 3 is 2.57 bits per heavy atom. The van der Waals surface area contributed by atoms with Crippen LogP contribution in [0.1, 0.15) is 44.0 Å². The van der Waals surface area contributed by atoms with Crippen LogP contribution in [0, 0.1) is 0 Å². The van der Waals surface area contributed by atoms with Gasteiger partial charge in [0.15, 0.2) is 0 Å². The number of likely N-dealkylation sites (tertiary alicyclic amines) is 1. The topological polar surface area (TPSA) is 46.6 Å². The molecule has 21 heavy (non-hydrogen) atoms. The van der Waals surface area contributed by atoms with Crippen LogP contribution in [0.25, 0.3) is 0 Å². The molecule has 0 bridgehead atoms. The van der Waals surface area contributed by atoms with Crippen molar-refractivity contribution < 1.29 is 14.3 Å². The van der Waals surface area contributed by atoms with Crippen LogP contribution in [0.3, 0.4) is 0 Å². The van der Waals surface area contributed by atoms with Crippen molar-refractivity contribution in [2.24, 2.45) is 0 Å². The lowest BCUT2D eigenvalue weighted by Gasteiger charge is -2.27. The molecule has 0 spiro atoms. The second-order valence-electron chi connectivity index (χ2n) is 5.93. The maximum atomic E-state index is 12.5. The van der Waals surface area contributed by atoms with Gasteiger partial charge in [0.2, 0.25) is 0 Å². The largest absolute Gasteiger partial charge is 0.458 e. The minimum atomic E-state index is -0.572. The van der Waals surface area contributed by atoms with Gasteiger partial charge in [-0.05, 0) is 39.7 Å². The van der Waals surface area contributed by atoms with Gasteiger partial charge in [0.05, 0.1) is 9.90 Å². The van der Waals surface area contributed by atoms with Crippen molar-refractivity contribution in [1.29, 1.82) is 0 Å². The maximum absolute atomic E-state index is 12.5. The second-order valence-corrected chi connectivity index (χ2v) is 8.21. The van der Waals surface area contributed by atoms with Gasteiger partial charge in [0.1, 0.15) is 16.0 Å². The van der Waals surface area contributed by atoms with E-state index in [9.17, 15) is 9.59 Å². The average Bonchev–Trinajstić information content (AvgIpc) is 2.92. The molecular weight excluding hydrogens is 333 g/mol. The summed E-state index contributed by atoms with van der Waals surface area (Å²) >= 11 is 13.0. The molecule has 2 heterocycles. The number of carbonyl (C=O) groups excluding carboxylic acids is 2. The molecule has 0 unspecified atom stereocenters. The number of thiophene rings is 1. The van der Waals surface area contributed by atoms with Crippen molar-refractivity contribution in [3.63, 3.8) is 0 Å². The summed E-state index contributed by atoms with van der Waals surface area (Å²) in [4.78, 5) is 26.3. The summed E-state index contributed by atoms with van der Waals surface area (Å²) in [6.07, 6.45) is 1.38. The van der Waals surface area contributed by atoms with Crippen molar-refractivity contribution in [2.75, 3.05) is 6.54 Å². The fourth-order valence-electron chi connectivity index (χ4n) is 2.27. The number of amides is 1. The number of esters is 1. The van der Waals surface area contributed by atoms with Crippen LogP contribution >= 0.6 is 34.5 Å². The first kappa shape index (κ1) is 16.6. The lowest BCUT2D eigenvalue weighted by atomic mass is 10.1. The molecule has 0 saturated carbocycles. The van der Waals surface area contributed by atoms with E-state index in [1.165, 1.54) is 4.90 Å². The zero-order valence-electron chi connectivity index (χ0n) is 12.1. The minimum absolute atomic E-state index is 0.267. The van der Waals surface area contributed by atoms with Gasteiger partial charge in [-0.1, -0.05) is 23.2 Å². The summed E-state index contributed by atoms with van der Waals surface area (Å²) in [6.45, 7) is 5.94. The van der Waals surface area contributed by atoms with Crippen molar-refractivity contribution in [1.82, 2.24) is 4.90 Å². The first-order chi connectivity index (χ1) is 9.69. The van der Waals surface area contributed by atoms with Crippen molar-refractivity contribution >= 4 is 46.4 Å². The zero-order valence-corrected chi connectivity index (χ0v) is 14.4. The third kappa shape index (κ3) is 3.90. The van der Waals surface area contributed by atoms with Gasteiger partial charge in [-0.3, -0.25) is 4.79 Å². The van der Waals surface area contributed by atoms with Gasteiger partial charge in [-0.25, -0.2) is 4.79 Å². The Hall–Kier alpha value is -0.780. The van der Waals surface area contributed by atoms with E-state index in [0.717, 1.165) is 17.8 Å². The molecule has 1 amide bonds. The number of hydrogen-bond donors (Lipinski definition) is 0. The highest BCUT2D eigenvalue weighted by atomic mass is 35.5. The molecule has 0 aliphatic carbocycles. The number of hydrogen-bond acceptors (Lipinski definition) is 4. The molecule has 7 heteroatoms. The smallest absolute Gasteiger partial charge is 0.329 e. The number of carbonyl (C=O) groups is 2. The van der Waals surface area contributed by atoms with Gasteiger partial charge < -0.3 is 9.64 Å². The van der Waals surface area contributed by atoms with Crippen LogP contribution in [0.2, 0.25) is 8.67 Å². The standard InChI is InChI=1S/C14H17Cl2NO3S/c1-14(2,3)20-13(19)9-5-4-6-17(9)12(18)8-7-10(15)21-11(8)16/h7,9H,4-6H2,1-3H3/t9-/m0/s1. The van der Waals surface area contributed by atoms with Crippen LogP contribution in [0.4, 0.5) is 0 Å².